The lowest BCUT2D eigenvalue weighted by molar-refractivity contribution is 0.0446. The number of furan rings is 1. The third-order valence-electron chi connectivity index (χ3n) is 4.91. The summed E-state index contributed by atoms with van der Waals surface area (Å²) in [6.07, 6.45) is 0. The fourth-order valence-corrected chi connectivity index (χ4v) is 3.79. The van der Waals surface area contributed by atoms with Crippen molar-refractivity contribution in [2.45, 2.75) is 13.2 Å². The van der Waals surface area contributed by atoms with Crippen LogP contribution in [0.4, 0.5) is 0 Å². The van der Waals surface area contributed by atoms with Crippen LogP contribution in [0.1, 0.15) is 21.7 Å². The number of rotatable bonds is 8. The molecule has 4 rings (SSSR count). The fourth-order valence-electron chi connectivity index (χ4n) is 3.17. The van der Waals surface area contributed by atoms with Crippen molar-refractivity contribution in [2.75, 3.05) is 7.11 Å². The van der Waals surface area contributed by atoms with E-state index in [2.05, 4.69) is 0 Å². The van der Waals surface area contributed by atoms with Crippen LogP contribution in [0.3, 0.4) is 0 Å². The van der Waals surface area contributed by atoms with Gasteiger partial charge < -0.3 is 18.6 Å². The zero-order valence-corrected chi connectivity index (χ0v) is 20.3. The molecule has 0 aliphatic heterocycles. The van der Waals surface area contributed by atoms with E-state index in [1.807, 2.05) is 12.1 Å². The minimum absolute atomic E-state index is 0.0405. The maximum atomic E-state index is 12.6. The summed E-state index contributed by atoms with van der Waals surface area (Å²) in [4.78, 5) is 12.6. The molecule has 0 atom stereocenters. The van der Waals surface area contributed by atoms with E-state index in [-0.39, 0.29) is 6.61 Å². The summed E-state index contributed by atoms with van der Waals surface area (Å²) in [5.41, 5.74) is 1.97. The average Bonchev–Trinajstić information content (AvgIpc) is 3.30. The summed E-state index contributed by atoms with van der Waals surface area (Å²) in [5, 5.41) is 1.66. The molecule has 5 nitrogen and oxygen atoms in total. The molecular weight excluding hydrogens is 499 g/mol. The molecule has 34 heavy (non-hydrogen) atoms. The van der Waals surface area contributed by atoms with Gasteiger partial charge >= 0.3 is 5.97 Å². The highest BCUT2D eigenvalue weighted by Crippen LogP contribution is 2.32. The van der Waals surface area contributed by atoms with Gasteiger partial charge in [0.25, 0.3) is 0 Å². The monoisotopic (exact) mass is 516 g/mol. The molecule has 0 saturated heterocycles. The Labute approximate surface area is 211 Å². The van der Waals surface area contributed by atoms with Gasteiger partial charge in [0.15, 0.2) is 11.5 Å². The Hall–Kier alpha value is -3.12. The molecule has 0 radical (unpaired) electrons. The van der Waals surface area contributed by atoms with E-state index >= 15 is 0 Å². The van der Waals surface area contributed by atoms with Gasteiger partial charge in [0, 0.05) is 15.6 Å². The van der Waals surface area contributed by atoms with Gasteiger partial charge in [0.05, 0.1) is 17.7 Å². The minimum atomic E-state index is -0.523. The van der Waals surface area contributed by atoms with Crippen molar-refractivity contribution < 1.29 is 23.4 Å². The van der Waals surface area contributed by atoms with Crippen LogP contribution in [0.2, 0.25) is 15.1 Å². The highest BCUT2D eigenvalue weighted by atomic mass is 35.5. The van der Waals surface area contributed by atoms with E-state index in [1.165, 1.54) is 7.11 Å². The number of carbonyl (C=O) groups is 1. The van der Waals surface area contributed by atoms with Crippen molar-refractivity contribution in [3.63, 3.8) is 0 Å². The van der Waals surface area contributed by atoms with Gasteiger partial charge in [-0.05, 0) is 66.2 Å². The molecule has 0 saturated carbocycles. The molecule has 4 aromatic rings. The van der Waals surface area contributed by atoms with Gasteiger partial charge in [-0.15, -0.1) is 0 Å². The second-order valence-electron chi connectivity index (χ2n) is 7.25. The lowest BCUT2D eigenvalue weighted by Crippen LogP contribution is -2.06. The first-order valence-electron chi connectivity index (χ1n) is 10.2. The first kappa shape index (κ1) is 24.0. The Balaban J connectivity index is 1.38. The summed E-state index contributed by atoms with van der Waals surface area (Å²) in [6, 6.07) is 20.8. The summed E-state index contributed by atoms with van der Waals surface area (Å²) in [7, 11) is 1.51. The molecule has 1 aromatic heterocycles. The van der Waals surface area contributed by atoms with E-state index in [0.717, 1.165) is 5.56 Å². The third kappa shape index (κ3) is 5.86. The standard InChI is InChI=1S/C26H19Cl3O5/c1-31-25-12-17(4-10-24(25)32-14-16-2-5-18(27)6-3-16)26(30)33-15-20-8-11-23(34-20)21-9-7-19(28)13-22(21)29/h2-13H,14-15H2,1H3. The molecule has 8 heteroatoms. The van der Waals surface area contributed by atoms with Crippen LogP contribution in [0.25, 0.3) is 11.3 Å². The van der Waals surface area contributed by atoms with Crippen molar-refractivity contribution in [3.05, 3.63) is 105 Å². The van der Waals surface area contributed by atoms with Crippen LogP contribution in [-0.4, -0.2) is 13.1 Å². The number of halogens is 3. The molecule has 0 bridgehead atoms. The average molecular weight is 518 g/mol. The first-order valence-corrected chi connectivity index (χ1v) is 11.3. The highest BCUT2D eigenvalue weighted by Gasteiger charge is 2.15. The number of carbonyl (C=O) groups excluding carboxylic acids is 1. The lowest BCUT2D eigenvalue weighted by atomic mass is 10.2. The predicted molar refractivity (Wildman–Crippen MR) is 132 cm³/mol. The summed E-state index contributed by atoms with van der Waals surface area (Å²) in [5.74, 6) is 1.43. The number of hydrogen-bond acceptors (Lipinski definition) is 5. The maximum absolute atomic E-state index is 12.6. The Morgan fingerprint density at radius 2 is 1.59 bits per heavy atom. The van der Waals surface area contributed by atoms with Gasteiger partial charge in [-0.2, -0.15) is 0 Å². The second-order valence-corrected chi connectivity index (χ2v) is 8.53. The third-order valence-corrected chi connectivity index (χ3v) is 5.71. The fraction of sp³-hybridized carbons (Fsp3) is 0.115. The highest BCUT2D eigenvalue weighted by molar-refractivity contribution is 6.36. The second kappa shape index (κ2) is 10.9. The van der Waals surface area contributed by atoms with E-state index in [0.29, 0.717) is 55.8 Å². The van der Waals surface area contributed by atoms with Gasteiger partial charge in [0.1, 0.15) is 24.7 Å². The normalized spacial score (nSPS) is 10.7. The van der Waals surface area contributed by atoms with Crippen LogP contribution < -0.4 is 9.47 Å². The number of hydrogen-bond donors (Lipinski definition) is 0. The predicted octanol–water partition coefficient (Wildman–Crippen LogP) is 7.85. The Bertz CT molecular complexity index is 1300. The molecule has 0 aliphatic rings. The van der Waals surface area contributed by atoms with E-state index in [1.54, 1.807) is 60.7 Å². The number of esters is 1. The van der Waals surface area contributed by atoms with Gasteiger partial charge in [-0.25, -0.2) is 4.79 Å². The Morgan fingerprint density at radius 3 is 2.32 bits per heavy atom. The van der Waals surface area contributed by atoms with Crippen molar-refractivity contribution in [3.8, 4) is 22.8 Å². The van der Waals surface area contributed by atoms with Gasteiger partial charge in [0.2, 0.25) is 0 Å². The Kier molecular flexibility index (Phi) is 7.68. The molecule has 0 fully saturated rings. The summed E-state index contributed by atoms with van der Waals surface area (Å²) < 4.78 is 22.4. The molecule has 0 aliphatic carbocycles. The van der Waals surface area contributed by atoms with Gasteiger partial charge in [-0.3, -0.25) is 0 Å². The minimum Gasteiger partial charge on any atom is -0.493 e. The topological polar surface area (TPSA) is 57.9 Å². The molecule has 0 unspecified atom stereocenters. The molecule has 0 amide bonds. The van der Waals surface area contributed by atoms with Crippen molar-refractivity contribution in [1.29, 1.82) is 0 Å². The molecule has 3 aromatic carbocycles. The molecule has 0 N–H and O–H groups in total. The van der Waals surface area contributed by atoms with Crippen LogP contribution >= 0.6 is 34.8 Å². The van der Waals surface area contributed by atoms with Crippen LogP contribution in [-0.2, 0) is 18.0 Å². The van der Waals surface area contributed by atoms with Crippen molar-refractivity contribution in [1.82, 2.24) is 0 Å². The van der Waals surface area contributed by atoms with Crippen molar-refractivity contribution in [2.24, 2.45) is 0 Å². The molecule has 1 heterocycles. The van der Waals surface area contributed by atoms with Crippen LogP contribution in [0.15, 0.2) is 77.2 Å². The first-order chi connectivity index (χ1) is 16.4. The largest absolute Gasteiger partial charge is 0.493 e. The van der Waals surface area contributed by atoms with E-state index < -0.39 is 5.97 Å². The van der Waals surface area contributed by atoms with Crippen LogP contribution in [0, 0.1) is 0 Å². The SMILES string of the molecule is COc1cc(C(=O)OCc2ccc(-c3ccc(Cl)cc3Cl)o2)ccc1OCc1ccc(Cl)cc1. The number of ether oxygens (including phenoxy) is 3. The molecule has 174 valence electrons. The lowest BCUT2D eigenvalue weighted by Gasteiger charge is -2.12. The number of benzene rings is 3. The van der Waals surface area contributed by atoms with E-state index in [4.69, 9.17) is 53.4 Å². The Morgan fingerprint density at radius 1 is 0.824 bits per heavy atom. The summed E-state index contributed by atoms with van der Waals surface area (Å²) in [6.45, 7) is 0.289. The molecular formula is C26H19Cl3O5. The molecule has 0 spiro atoms. The summed E-state index contributed by atoms with van der Waals surface area (Å²) >= 11 is 18.1. The van der Waals surface area contributed by atoms with Crippen LogP contribution in [0.5, 0.6) is 11.5 Å². The zero-order chi connectivity index (χ0) is 24.1. The number of methoxy groups -OCH3 is 1. The van der Waals surface area contributed by atoms with Gasteiger partial charge in [-0.1, -0.05) is 46.9 Å². The van der Waals surface area contributed by atoms with Crippen molar-refractivity contribution >= 4 is 40.8 Å². The van der Waals surface area contributed by atoms with E-state index in [9.17, 15) is 4.79 Å². The quantitative estimate of drug-likeness (QED) is 0.223. The zero-order valence-electron chi connectivity index (χ0n) is 18.0. The smallest absolute Gasteiger partial charge is 0.338 e. The maximum Gasteiger partial charge on any atom is 0.338 e.